The Morgan fingerprint density at radius 2 is 1.87 bits per heavy atom. The second-order valence-corrected chi connectivity index (χ2v) is 5.96. The number of methoxy groups -OCH3 is 1. The third-order valence-corrected chi connectivity index (χ3v) is 4.41. The van der Waals surface area contributed by atoms with Gasteiger partial charge >= 0.3 is 0 Å². The van der Waals surface area contributed by atoms with Crippen LogP contribution in [-0.4, -0.2) is 18.0 Å². The van der Waals surface area contributed by atoms with Gasteiger partial charge < -0.3 is 10.1 Å². The maximum atomic E-state index is 12.2. The fourth-order valence-electron chi connectivity index (χ4n) is 2.11. The van der Waals surface area contributed by atoms with Crippen LogP contribution in [0.4, 0.5) is 0 Å². The molecule has 23 heavy (non-hydrogen) atoms. The van der Waals surface area contributed by atoms with Crippen molar-refractivity contribution in [1.29, 1.82) is 0 Å². The summed E-state index contributed by atoms with van der Waals surface area (Å²) in [6.45, 7) is 0.509. The van der Waals surface area contributed by atoms with Gasteiger partial charge in [0.1, 0.15) is 15.6 Å². The Kier molecular flexibility index (Phi) is 4.68. The molecule has 3 rings (SSSR count). The third kappa shape index (κ3) is 3.76. The van der Waals surface area contributed by atoms with E-state index in [1.165, 1.54) is 11.3 Å². The van der Waals surface area contributed by atoms with E-state index in [4.69, 9.17) is 4.74 Å². The first-order chi connectivity index (χ1) is 11.3. The van der Waals surface area contributed by atoms with Crippen molar-refractivity contribution in [3.05, 3.63) is 71.2 Å². The predicted molar refractivity (Wildman–Crippen MR) is 91.7 cm³/mol. The largest absolute Gasteiger partial charge is 0.497 e. The number of benzene rings is 2. The number of hydrogen-bond donors (Lipinski definition) is 1. The minimum absolute atomic E-state index is 0.105. The van der Waals surface area contributed by atoms with E-state index in [2.05, 4.69) is 10.3 Å². The lowest BCUT2D eigenvalue weighted by molar-refractivity contribution is 0.0955. The summed E-state index contributed by atoms with van der Waals surface area (Å²) in [6.07, 6.45) is 1.62. The summed E-state index contributed by atoms with van der Waals surface area (Å²) >= 11 is 1.38. The number of nitrogens with zero attached hydrogens (tertiary/aromatic N) is 1. The Morgan fingerprint density at radius 1 is 1.13 bits per heavy atom. The maximum absolute atomic E-state index is 12.2. The van der Waals surface area contributed by atoms with Gasteiger partial charge in [0, 0.05) is 12.1 Å². The number of amides is 1. The second-order valence-electron chi connectivity index (χ2n) is 4.93. The van der Waals surface area contributed by atoms with Crippen LogP contribution in [0.2, 0.25) is 0 Å². The van der Waals surface area contributed by atoms with Crippen LogP contribution in [-0.2, 0) is 6.54 Å². The molecule has 0 radical (unpaired) electrons. The fraction of sp³-hybridized carbons (Fsp3) is 0.111. The Balaban J connectivity index is 1.67. The first kappa shape index (κ1) is 15.2. The molecule has 0 saturated carbocycles. The van der Waals surface area contributed by atoms with Crippen LogP contribution < -0.4 is 10.1 Å². The van der Waals surface area contributed by atoms with Crippen LogP contribution in [0.3, 0.4) is 0 Å². The highest BCUT2D eigenvalue weighted by molar-refractivity contribution is 7.16. The molecule has 0 aliphatic rings. The van der Waals surface area contributed by atoms with Gasteiger partial charge in [-0.25, -0.2) is 4.98 Å². The zero-order valence-corrected chi connectivity index (χ0v) is 13.5. The lowest BCUT2D eigenvalue weighted by atomic mass is 10.2. The van der Waals surface area contributed by atoms with E-state index >= 15 is 0 Å². The summed E-state index contributed by atoms with van der Waals surface area (Å²) in [5.74, 6) is 0.692. The predicted octanol–water partition coefficient (Wildman–Crippen LogP) is 3.75. The van der Waals surface area contributed by atoms with Crippen molar-refractivity contribution in [3.8, 4) is 16.3 Å². The first-order valence-electron chi connectivity index (χ1n) is 7.18. The Morgan fingerprint density at radius 3 is 2.57 bits per heavy atom. The highest BCUT2D eigenvalue weighted by Gasteiger charge is 2.11. The zero-order chi connectivity index (χ0) is 16.1. The molecule has 2 aromatic carbocycles. The van der Waals surface area contributed by atoms with Gasteiger partial charge in [-0.1, -0.05) is 30.3 Å². The van der Waals surface area contributed by atoms with E-state index < -0.39 is 0 Å². The summed E-state index contributed by atoms with van der Waals surface area (Å²) in [5, 5.41) is 3.73. The molecule has 4 nitrogen and oxygen atoms in total. The average Bonchev–Trinajstić information content (AvgIpc) is 3.11. The highest BCUT2D eigenvalue weighted by atomic mass is 32.1. The average molecular weight is 324 g/mol. The van der Waals surface area contributed by atoms with Crippen LogP contribution in [0, 0.1) is 0 Å². The molecule has 116 valence electrons. The Labute approximate surface area is 138 Å². The quantitative estimate of drug-likeness (QED) is 0.777. The molecule has 0 fully saturated rings. The standard InChI is InChI=1S/C18H16N2O2S/c1-22-15-9-7-14(8-10-15)18-20-12-16(23-18)17(21)19-11-13-5-3-2-4-6-13/h2-10,12H,11H2,1H3,(H,19,21). The molecule has 3 aromatic rings. The van der Waals surface area contributed by atoms with Crippen molar-refractivity contribution in [1.82, 2.24) is 10.3 Å². The normalized spacial score (nSPS) is 10.3. The molecule has 0 atom stereocenters. The SMILES string of the molecule is COc1ccc(-c2ncc(C(=O)NCc3ccccc3)s2)cc1. The van der Waals surface area contributed by atoms with E-state index in [1.807, 2.05) is 54.6 Å². The van der Waals surface area contributed by atoms with Gasteiger partial charge in [-0.05, 0) is 29.8 Å². The number of nitrogens with one attached hydrogen (secondary N) is 1. The summed E-state index contributed by atoms with van der Waals surface area (Å²) in [4.78, 5) is 17.1. The van der Waals surface area contributed by atoms with Crippen LogP contribution >= 0.6 is 11.3 Å². The summed E-state index contributed by atoms with van der Waals surface area (Å²) < 4.78 is 5.14. The molecule has 1 amide bonds. The molecule has 0 aliphatic heterocycles. The van der Waals surface area contributed by atoms with Crippen LogP contribution in [0.5, 0.6) is 5.75 Å². The first-order valence-corrected chi connectivity index (χ1v) is 8.00. The van der Waals surface area contributed by atoms with Crippen molar-refractivity contribution in [3.63, 3.8) is 0 Å². The minimum Gasteiger partial charge on any atom is -0.497 e. The number of aromatic nitrogens is 1. The number of rotatable bonds is 5. The molecule has 0 unspecified atom stereocenters. The van der Waals surface area contributed by atoms with Crippen LogP contribution in [0.15, 0.2) is 60.8 Å². The van der Waals surface area contributed by atoms with Gasteiger partial charge in [0.25, 0.3) is 5.91 Å². The summed E-state index contributed by atoms with van der Waals surface area (Å²) in [5.41, 5.74) is 2.04. The van der Waals surface area contributed by atoms with Crippen molar-refractivity contribution < 1.29 is 9.53 Å². The molecule has 0 spiro atoms. The smallest absolute Gasteiger partial charge is 0.263 e. The lowest BCUT2D eigenvalue weighted by Gasteiger charge is -2.03. The Hall–Kier alpha value is -2.66. The van der Waals surface area contributed by atoms with E-state index in [-0.39, 0.29) is 5.91 Å². The van der Waals surface area contributed by atoms with Crippen LogP contribution in [0.1, 0.15) is 15.2 Å². The van der Waals surface area contributed by atoms with E-state index in [0.717, 1.165) is 21.9 Å². The molecular weight excluding hydrogens is 308 g/mol. The summed E-state index contributed by atoms with van der Waals surface area (Å²) in [7, 11) is 1.63. The van der Waals surface area contributed by atoms with Crippen LogP contribution in [0.25, 0.3) is 10.6 Å². The fourth-order valence-corrected chi connectivity index (χ4v) is 2.95. The molecule has 1 heterocycles. The minimum atomic E-state index is -0.105. The van der Waals surface area contributed by atoms with E-state index in [0.29, 0.717) is 11.4 Å². The van der Waals surface area contributed by atoms with Gasteiger partial charge in [0.15, 0.2) is 0 Å². The zero-order valence-electron chi connectivity index (χ0n) is 12.7. The van der Waals surface area contributed by atoms with Crippen molar-refractivity contribution in [2.75, 3.05) is 7.11 Å². The van der Waals surface area contributed by atoms with Gasteiger partial charge in [-0.2, -0.15) is 0 Å². The molecule has 1 N–H and O–H groups in total. The number of carbonyl (C=O) groups excluding carboxylic acids is 1. The van der Waals surface area contributed by atoms with Crippen molar-refractivity contribution in [2.24, 2.45) is 0 Å². The monoisotopic (exact) mass is 324 g/mol. The lowest BCUT2D eigenvalue weighted by Crippen LogP contribution is -2.21. The third-order valence-electron chi connectivity index (χ3n) is 3.36. The molecule has 0 saturated heterocycles. The molecule has 5 heteroatoms. The second kappa shape index (κ2) is 7.07. The van der Waals surface area contributed by atoms with Gasteiger partial charge in [0.2, 0.25) is 0 Å². The van der Waals surface area contributed by atoms with Gasteiger partial charge in [-0.3, -0.25) is 4.79 Å². The number of carbonyl (C=O) groups is 1. The number of hydrogen-bond acceptors (Lipinski definition) is 4. The maximum Gasteiger partial charge on any atom is 0.263 e. The molecular formula is C18H16N2O2S. The molecule has 0 aliphatic carbocycles. The topological polar surface area (TPSA) is 51.2 Å². The number of ether oxygens (including phenoxy) is 1. The van der Waals surface area contributed by atoms with E-state index in [9.17, 15) is 4.79 Å². The van der Waals surface area contributed by atoms with Crippen molar-refractivity contribution >= 4 is 17.2 Å². The van der Waals surface area contributed by atoms with Gasteiger partial charge in [-0.15, -0.1) is 11.3 Å². The van der Waals surface area contributed by atoms with E-state index in [1.54, 1.807) is 13.3 Å². The summed E-state index contributed by atoms with van der Waals surface area (Å²) in [6, 6.07) is 17.5. The van der Waals surface area contributed by atoms with Gasteiger partial charge in [0.05, 0.1) is 13.3 Å². The molecule has 0 bridgehead atoms. The highest BCUT2D eigenvalue weighted by Crippen LogP contribution is 2.26. The number of thiazole rings is 1. The Bertz CT molecular complexity index is 782. The molecule has 1 aromatic heterocycles. The van der Waals surface area contributed by atoms with Crippen molar-refractivity contribution in [2.45, 2.75) is 6.54 Å².